The summed E-state index contributed by atoms with van der Waals surface area (Å²) in [6, 6.07) is 0.882. The molecule has 0 saturated heterocycles. The number of aryl methyl sites for hydroxylation is 1. The average Bonchev–Trinajstić information content (AvgIpc) is 1.99. The van der Waals surface area contributed by atoms with Gasteiger partial charge in [-0.2, -0.15) is 13.2 Å². The van der Waals surface area contributed by atoms with E-state index in [2.05, 4.69) is 9.97 Å². The van der Waals surface area contributed by atoms with Crippen molar-refractivity contribution in [1.29, 1.82) is 0 Å². The Bertz CT molecular complexity index is 334. The monoisotopic (exact) mass is 219 g/mol. The third-order valence-corrected chi connectivity index (χ3v) is 1.79. The Morgan fingerprint density at radius 3 is 2.00 bits per heavy atom. The highest BCUT2D eigenvalue weighted by atomic mass is 19.4. The number of rotatable bonds is 1. The van der Waals surface area contributed by atoms with Gasteiger partial charge >= 0.3 is 6.18 Å². The van der Waals surface area contributed by atoms with Gasteiger partial charge in [0.15, 0.2) is 0 Å². The van der Waals surface area contributed by atoms with E-state index < -0.39 is 17.4 Å². The van der Waals surface area contributed by atoms with Gasteiger partial charge in [-0.25, -0.2) is 9.97 Å². The molecule has 0 amide bonds. The van der Waals surface area contributed by atoms with Crippen LogP contribution in [0, 0.1) is 6.92 Å². The first-order valence-electron chi connectivity index (χ1n) is 4.33. The Kier molecular flexibility index (Phi) is 2.73. The van der Waals surface area contributed by atoms with E-state index in [0.717, 1.165) is 6.07 Å². The van der Waals surface area contributed by atoms with Crippen LogP contribution >= 0.6 is 0 Å². The standard InChI is InChI=1S/C9H12F3N3/c1-5-14-6(8(2,3)13)4-7(15-5)9(10,11)12/h4H,13H2,1-3H3. The minimum Gasteiger partial charge on any atom is -0.321 e. The molecule has 6 heteroatoms. The fourth-order valence-electron chi connectivity index (χ4n) is 1.04. The van der Waals surface area contributed by atoms with Crippen molar-refractivity contribution in [2.24, 2.45) is 5.73 Å². The van der Waals surface area contributed by atoms with Crippen molar-refractivity contribution in [3.8, 4) is 0 Å². The zero-order valence-corrected chi connectivity index (χ0v) is 8.68. The van der Waals surface area contributed by atoms with Gasteiger partial charge in [-0.1, -0.05) is 0 Å². The van der Waals surface area contributed by atoms with Crippen molar-refractivity contribution in [3.05, 3.63) is 23.3 Å². The van der Waals surface area contributed by atoms with Crippen LogP contribution in [-0.2, 0) is 11.7 Å². The van der Waals surface area contributed by atoms with Gasteiger partial charge in [0.05, 0.1) is 11.2 Å². The van der Waals surface area contributed by atoms with Gasteiger partial charge in [0.1, 0.15) is 11.5 Å². The molecule has 0 aliphatic carbocycles. The lowest BCUT2D eigenvalue weighted by atomic mass is 10.0. The SMILES string of the molecule is Cc1nc(C(C)(C)N)cc(C(F)(F)F)n1. The van der Waals surface area contributed by atoms with Crippen LogP contribution < -0.4 is 5.73 Å². The van der Waals surface area contributed by atoms with E-state index >= 15 is 0 Å². The summed E-state index contributed by atoms with van der Waals surface area (Å²) in [6.45, 7) is 4.59. The molecule has 1 aromatic heterocycles. The van der Waals surface area contributed by atoms with E-state index in [9.17, 15) is 13.2 Å². The van der Waals surface area contributed by atoms with E-state index in [1.165, 1.54) is 6.92 Å². The summed E-state index contributed by atoms with van der Waals surface area (Å²) in [5.74, 6) is 0.0679. The molecule has 1 heterocycles. The molecule has 0 unspecified atom stereocenters. The molecule has 0 bridgehead atoms. The summed E-state index contributed by atoms with van der Waals surface area (Å²) in [5.41, 5.74) is 4.00. The molecule has 0 spiro atoms. The Labute approximate surface area is 85.5 Å². The number of nitrogens with zero attached hydrogens (tertiary/aromatic N) is 2. The number of hydrogen-bond acceptors (Lipinski definition) is 3. The maximum absolute atomic E-state index is 12.4. The lowest BCUT2D eigenvalue weighted by Crippen LogP contribution is -2.31. The first-order chi connectivity index (χ1) is 6.60. The molecule has 1 rings (SSSR count). The van der Waals surface area contributed by atoms with Crippen LogP contribution in [0.25, 0.3) is 0 Å². The first-order valence-corrected chi connectivity index (χ1v) is 4.33. The van der Waals surface area contributed by atoms with Crippen molar-refractivity contribution < 1.29 is 13.2 Å². The predicted molar refractivity (Wildman–Crippen MR) is 49.0 cm³/mol. The van der Waals surface area contributed by atoms with Gasteiger partial charge in [0.2, 0.25) is 0 Å². The zero-order chi connectivity index (χ0) is 11.9. The van der Waals surface area contributed by atoms with Crippen LogP contribution in [0.5, 0.6) is 0 Å². The van der Waals surface area contributed by atoms with Crippen LogP contribution in [0.15, 0.2) is 6.07 Å². The third-order valence-electron chi connectivity index (χ3n) is 1.79. The highest BCUT2D eigenvalue weighted by Crippen LogP contribution is 2.29. The lowest BCUT2D eigenvalue weighted by molar-refractivity contribution is -0.141. The largest absolute Gasteiger partial charge is 0.433 e. The van der Waals surface area contributed by atoms with Crippen LogP contribution in [0.4, 0.5) is 13.2 Å². The molecule has 1 aromatic rings. The second-order valence-corrected chi connectivity index (χ2v) is 3.91. The molecule has 0 aliphatic rings. The van der Waals surface area contributed by atoms with E-state index in [1.54, 1.807) is 13.8 Å². The molecule has 0 aliphatic heterocycles. The molecule has 2 N–H and O–H groups in total. The Balaban J connectivity index is 3.30. The number of alkyl halides is 3. The molecule has 0 aromatic carbocycles. The Hall–Kier alpha value is -1.17. The first kappa shape index (κ1) is 11.9. The summed E-state index contributed by atoms with van der Waals surface area (Å²) in [7, 11) is 0. The minimum atomic E-state index is -4.46. The van der Waals surface area contributed by atoms with Crippen molar-refractivity contribution in [1.82, 2.24) is 9.97 Å². The Morgan fingerprint density at radius 2 is 1.60 bits per heavy atom. The smallest absolute Gasteiger partial charge is 0.321 e. The van der Waals surface area contributed by atoms with Gasteiger partial charge in [0.25, 0.3) is 0 Å². The summed E-state index contributed by atoms with van der Waals surface area (Å²) in [4.78, 5) is 7.21. The quantitative estimate of drug-likeness (QED) is 0.785. The van der Waals surface area contributed by atoms with Crippen LogP contribution in [-0.4, -0.2) is 9.97 Å². The number of hydrogen-bond donors (Lipinski definition) is 1. The zero-order valence-electron chi connectivity index (χ0n) is 8.68. The normalized spacial score (nSPS) is 13.0. The van der Waals surface area contributed by atoms with Crippen LogP contribution in [0.2, 0.25) is 0 Å². The van der Waals surface area contributed by atoms with Crippen molar-refractivity contribution >= 4 is 0 Å². The predicted octanol–water partition coefficient (Wildman–Crippen LogP) is 2.00. The van der Waals surface area contributed by atoms with Crippen molar-refractivity contribution in [3.63, 3.8) is 0 Å². The van der Waals surface area contributed by atoms with Gasteiger partial charge < -0.3 is 5.73 Å². The molecule has 15 heavy (non-hydrogen) atoms. The van der Waals surface area contributed by atoms with Gasteiger partial charge in [0, 0.05) is 0 Å². The van der Waals surface area contributed by atoms with Crippen molar-refractivity contribution in [2.75, 3.05) is 0 Å². The average molecular weight is 219 g/mol. The van der Waals surface area contributed by atoms with E-state index in [4.69, 9.17) is 5.73 Å². The van der Waals surface area contributed by atoms with Gasteiger partial charge in [-0.15, -0.1) is 0 Å². The summed E-state index contributed by atoms with van der Waals surface area (Å²) < 4.78 is 37.2. The van der Waals surface area contributed by atoms with E-state index in [1.807, 2.05) is 0 Å². The molecular formula is C9H12F3N3. The van der Waals surface area contributed by atoms with E-state index in [-0.39, 0.29) is 11.5 Å². The highest BCUT2D eigenvalue weighted by Gasteiger charge is 2.34. The fraction of sp³-hybridized carbons (Fsp3) is 0.556. The summed E-state index contributed by atoms with van der Waals surface area (Å²) >= 11 is 0. The third kappa shape index (κ3) is 2.89. The molecule has 0 radical (unpaired) electrons. The number of nitrogens with two attached hydrogens (primary N) is 1. The molecule has 0 atom stereocenters. The second-order valence-electron chi connectivity index (χ2n) is 3.91. The topological polar surface area (TPSA) is 51.8 Å². The molecule has 0 saturated carbocycles. The van der Waals surface area contributed by atoms with E-state index in [0.29, 0.717) is 0 Å². The molecular weight excluding hydrogens is 207 g/mol. The molecule has 3 nitrogen and oxygen atoms in total. The lowest BCUT2D eigenvalue weighted by Gasteiger charge is -2.19. The second kappa shape index (κ2) is 3.44. The summed E-state index contributed by atoms with van der Waals surface area (Å²) in [5, 5.41) is 0. The maximum Gasteiger partial charge on any atom is 0.433 e. The maximum atomic E-state index is 12.4. The summed E-state index contributed by atoms with van der Waals surface area (Å²) in [6.07, 6.45) is -4.46. The number of aromatic nitrogens is 2. The van der Waals surface area contributed by atoms with Gasteiger partial charge in [-0.3, -0.25) is 0 Å². The minimum absolute atomic E-state index is 0.0679. The number of halogens is 3. The Morgan fingerprint density at radius 1 is 1.13 bits per heavy atom. The molecule has 84 valence electrons. The van der Waals surface area contributed by atoms with Crippen LogP contribution in [0.3, 0.4) is 0 Å². The molecule has 0 fully saturated rings. The van der Waals surface area contributed by atoms with Crippen LogP contribution in [0.1, 0.15) is 31.1 Å². The fourth-order valence-corrected chi connectivity index (χ4v) is 1.04. The van der Waals surface area contributed by atoms with Gasteiger partial charge in [-0.05, 0) is 26.8 Å². The van der Waals surface area contributed by atoms with Crippen molar-refractivity contribution in [2.45, 2.75) is 32.5 Å². The highest BCUT2D eigenvalue weighted by molar-refractivity contribution is 5.19.